The number of ketones is 2. The Hall–Kier alpha value is -1.24. The molecule has 130 valence electrons. The van der Waals surface area contributed by atoms with Crippen LogP contribution in [0.5, 0.6) is 0 Å². The summed E-state index contributed by atoms with van der Waals surface area (Å²) in [7, 11) is 0. The van der Waals surface area contributed by atoms with E-state index in [1.165, 1.54) is 6.92 Å². The van der Waals surface area contributed by atoms with E-state index in [0.717, 1.165) is 0 Å². The zero-order valence-electron chi connectivity index (χ0n) is 13.1. The molecule has 6 nitrogen and oxygen atoms in total. The summed E-state index contributed by atoms with van der Waals surface area (Å²) in [5.41, 5.74) is 0. The van der Waals surface area contributed by atoms with Crippen LogP contribution in [0, 0.1) is 11.8 Å². The molecule has 0 saturated carbocycles. The van der Waals surface area contributed by atoms with Gasteiger partial charge >= 0.3 is 11.9 Å². The first kappa shape index (κ1) is 25.7. The maximum absolute atomic E-state index is 10.9. The van der Waals surface area contributed by atoms with E-state index < -0.39 is 23.8 Å². The third-order valence-corrected chi connectivity index (χ3v) is 3.06. The number of hydrogen-bond acceptors (Lipinski definition) is 6. The highest BCUT2D eigenvalue weighted by molar-refractivity contribution is 9.09. The fraction of sp³-hybridized carbons (Fsp3) is 0.733. The smallest absolute Gasteiger partial charge is 0.316 e. The molecule has 0 saturated heterocycles. The standard InChI is InChI=1S/C7H11BrO3.C7H12O3.CH4/c1-3-11-7(10)5(2)6(9)4-8;1-4-10-7(9)5(2)6(3)8;/h5H,3-4H2,1-2H3;5H,4H2,1-3H3;1H4. The van der Waals surface area contributed by atoms with Crippen molar-refractivity contribution in [3.8, 4) is 0 Å². The van der Waals surface area contributed by atoms with Crippen LogP contribution in [-0.2, 0) is 28.7 Å². The van der Waals surface area contributed by atoms with Crippen molar-refractivity contribution in [2.75, 3.05) is 18.5 Å². The van der Waals surface area contributed by atoms with E-state index in [4.69, 9.17) is 0 Å². The Bertz CT molecular complexity index is 367. The van der Waals surface area contributed by atoms with Crippen molar-refractivity contribution in [3.05, 3.63) is 0 Å². The van der Waals surface area contributed by atoms with Crippen LogP contribution >= 0.6 is 15.9 Å². The Balaban J connectivity index is -0.000000315. The first-order chi connectivity index (χ1) is 9.72. The summed E-state index contributed by atoms with van der Waals surface area (Å²) < 4.78 is 9.25. The maximum Gasteiger partial charge on any atom is 0.316 e. The average molecular weight is 383 g/mol. The minimum atomic E-state index is -0.644. The number of hydrogen-bond donors (Lipinski definition) is 0. The van der Waals surface area contributed by atoms with Crippen molar-refractivity contribution in [3.63, 3.8) is 0 Å². The normalized spacial score (nSPS) is 11.7. The molecule has 0 aromatic carbocycles. The summed E-state index contributed by atoms with van der Waals surface area (Å²) in [5.74, 6) is -2.44. The molecule has 0 aromatic heterocycles. The van der Waals surface area contributed by atoms with Gasteiger partial charge in [-0.05, 0) is 34.6 Å². The van der Waals surface area contributed by atoms with Crippen LogP contribution in [0.2, 0.25) is 0 Å². The van der Waals surface area contributed by atoms with Gasteiger partial charge in [-0.2, -0.15) is 0 Å². The van der Waals surface area contributed by atoms with Crippen LogP contribution in [0.25, 0.3) is 0 Å². The van der Waals surface area contributed by atoms with Crippen molar-refractivity contribution in [2.45, 2.75) is 42.0 Å². The van der Waals surface area contributed by atoms with E-state index in [1.807, 2.05) is 0 Å². The van der Waals surface area contributed by atoms with E-state index in [-0.39, 0.29) is 24.3 Å². The first-order valence-corrected chi connectivity index (χ1v) is 7.77. The van der Waals surface area contributed by atoms with E-state index in [2.05, 4.69) is 25.4 Å². The van der Waals surface area contributed by atoms with Crippen molar-refractivity contribution < 1.29 is 28.7 Å². The zero-order valence-corrected chi connectivity index (χ0v) is 14.7. The number of Topliss-reactive ketones (excluding diaryl/α,β-unsaturated/α-hetero) is 2. The zero-order chi connectivity index (χ0) is 17.0. The first-order valence-electron chi connectivity index (χ1n) is 6.65. The molecule has 0 N–H and O–H groups in total. The van der Waals surface area contributed by atoms with Crippen LogP contribution in [0.4, 0.5) is 0 Å². The average Bonchev–Trinajstić information content (AvgIpc) is 2.45. The number of esters is 2. The number of ether oxygens (including phenoxy) is 2. The molecule has 0 heterocycles. The molecule has 0 bridgehead atoms. The van der Waals surface area contributed by atoms with Gasteiger partial charge in [0.05, 0.1) is 18.5 Å². The van der Waals surface area contributed by atoms with Crippen LogP contribution in [0.3, 0.4) is 0 Å². The number of alkyl halides is 1. The van der Waals surface area contributed by atoms with Gasteiger partial charge in [0.1, 0.15) is 17.6 Å². The van der Waals surface area contributed by atoms with Gasteiger partial charge in [-0.15, -0.1) is 0 Å². The van der Waals surface area contributed by atoms with Crippen molar-refractivity contribution in [2.24, 2.45) is 11.8 Å². The molecule has 0 amide bonds. The Kier molecular flexibility index (Phi) is 17.2. The molecule has 22 heavy (non-hydrogen) atoms. The second-order valence-corrected chi connectivity index (χ2v) is 4.72. The summed E-state index contributed by atoms with van der Waals surface area (Å²) in [4.78, 5) is 43.1. The molecule has 7 heteroatoms. The molecular weight excluding hydrogens is 356 g/mol. The SMILES string of the molecule is C.CCOC(=O)C(C)C(=O)CBr.CCOC(=O)C(C)C(C)=O. The molecule has 0 radical (unpaired) electrons. The lowest BCUT2D eigenvalue weighted by Gasteiger charge is -2.06. The van der Waals surface area contributed by atoms with Gasteiger partial charge < -0.3 is 9.47 Å². The molecule has 0 spiro atoms. The summed E-state index contributed by atoms with van der Waals surface area (Å²) in [6, 6.07) is 0. The molecule has 2 unspecified atom stereocenters. The number of halogens is 1. The van der Waals surface area contributed by atoms with E-state index in [9.17, 15) is 19.2 Å². The number of rotatable bonds is 7. The predicted molar refractivity (Wildman–Crippen MR) is 87.8 cm³/mol. The second kappa shape index (κ2) is 14.7. The van der Waals surface area contributed by atoms with E-state index >= 15 is 0 Å². The molecule has 0 aliphatic heterocycles. The highest BCUT2D eigenvalue weighted by atomic mass is 79.9. The van der Waals surface area contributed by atoms with Crippen LogP contribution < -0.4 is 0 Å². The predicted octanol–water partition coefficient (Wildman–Crippen LogP) is 2.56. The Labute approximate surface area is 141 Å². The Morgan fingerprint density at radius 3 is 1.55 bits per heavy atom. The molecule has 0 rings (SSSR count). The van der Waals surface area contributed by atoms with Gasteiger partial charge in [-0.25, -0.2) is 0 Å². The summed E-state index contributed by atoms with van der Waals surface area (Å²) in [6.07, 6.45) is 0. The second-order valence-electron chi connectivity index (χ2n) is 4.16. The Morgan fingerprint density at radius 2 is 1.27 bits per heavy atom. The minimum absolute atomic E-state index is 0. The van der Waals surface area contributed by atoms with Gasteiger partial charge in [0.15, 0.2) is 5.78 Å². The van der Waals surface area contributed by atoms with Crippen molar-refractivity contribution in [1.29, 1.82) is 0 Å². The molecule has 2 atom stereocenters. The third kappa shape index (κ3) is 11.4. The van der Waals surface area contributed by atoms with Gasteiger partial charge in [-0.1, -0.05) is 23.4 Å². The highest BCUT2D eigenvalue weighted by Crippen LogP contribution is 2.02. The monoisotopic (exact) mass is 382 g/mol. The van der Waals surface area contributed by atoms with Gasteiger partial charge in [0, 0.05) is 0 Å². The lowest BCUT2D eigenvalue weighted by atomic mass is 10.1. The fourth-order valence-corrected chi connectivity index (χ4v) is 1.43. The van der Waals surface area contributed by atoms with E-state index in [0.29, 0.717) is 13.2 Å². The summed E-state index contributed by atoms with van der Waals surface area (Å²) in [6.45, 7) is 8.53. The largest absolute Gasteiger partial charge is 0.465 e. The summed E-state index contributed by atoms with van der Waals surface area (Å²) >= 11 is 2.98. The minimum Gasteiger partial charge on any atom is -0.465 e. The van der Waals surface area contributed by atoms with Crippen LogP contribution in [0.1, 0.15) is 42.0 Å². The fourth-order valence-electron chi connectivity index (χ4n) is 0.948. The topological polar surface area (TPSA) is 86.7 Å². The summed E-state index contributed by atoms with van der Waals surface area (Å²) in [5, 5.41) is 0.201. The van der Waals surface area contributed by atoms with Crippen molar-refractivity contribution in [1.82, 2.24) is 0 Å². The molecule has 0 fully saturated rings. The number of carbonyl (C=O) groups is 4. The van der Waals surface area contributed by atoms with Crippen LogP contribution in [0.15, 0.2) is 0 Å². The van der Waals surface area contributed by atoms with Crippen LogP contribution in [-0.4, -0.2) is 42.0 Å². The molecular formula is C15H27BrO6. The molecule has 0 aliphatic rings. The van der Waals surface area contributed by atoms with Crippen molar-refractivity contribution >= 4 is 39.4 Å². The Morgan fingerprint density at radius 1 is 0.909 bits per heavy atom. The van der Waals surface area contributed by atoms with Gasteiger partial charge in [0.25, 0.3) is 0 Å². The lowest BCUT2D eigenvalue weighted by molar-refractivity contribution is -0.151. The highest BCUT2D eigenvalue weighted by Gasteiger charge is 2.20. The lowest BCUT2D eigenvalue weighted by Crippen LogP contribution is -2.23. The quantitative estimate of drug-likeness (QED) is 0.382. The molecule has 0 aliphatic carbocycles. The molecule has 0 aromatic rings. The van der Waals surface area contributed by atoms with Gasteiger partial charge in [-0.3, -0.25) is 19.2 Å². The van der Waals surface area contributed by atoms with Gasteiger partial charge in [0.2, 0.25) is 0 Å². The number of carbonyl (C=O) groups excluding carboxylic acids is 4. The third-order valence-electron chi connectivity index (χ3n) is 2.50. The maximum atomic E-state index is 10.9. The van der Waals surface area contributed by atoms with E-state index in [1.54, 1.807) is 27.7 Å².